The number of benzene rings is 1. The van der Waals surface area contributed by atoms with E-state index in [-0.39, 0.29) is 5.82 Å². The molecule has 0 amide bonds. The zero-order valence-corrected chi connectivity index (χ0v) is 13.3. The molecule has 0 N–H and O–H groups in total. The van der Waals surface area contributed by atoms with Crippen LogP contribution < -0.4 is 0 Å². The number of nitrogens with zero attached hydrogens (tertiary/aromatic N) is 1. The summed E-state index contributed by atoms with van der Waals surface area (Å²) in [4.78, 5) is 0. The van der Waals surface area contributed by atoms with Crippen molar-refractivity contribution in [3.63, 3.8) is 0 Å². The van der Waals surface area contributed by atoms with Gasteiger partial charge in [0.05, 0.1) is 5.69 Å². The second kappa shape index (κ2) is 8.38. The van der Waals surface area contributed by atoms with E-state index in [4.69, 9.17) is 16.1 Å². The van der Waals surface area contributed by atoms with Crippen molar-refractivity contribution in [2.45, 2.75) is 57.8 Å². The van der Waals surface area contributed by atoms with Crippen LogP contribution in [0.3, 0.4) is 0 Å². The van der Waals surface area contributed by atoms with Gasteiger partial charge in [0, 0.05) is 23.3 Å². The average molecular weight is 312 g/mol. The van der Waals surface area contributed by atoms with Gasteiger partial charge in [-0.25, -0.2) is 4.39 Å². The van der Waals surface area contributed by atoms with Crippen LogP contribution in [0, 0.1) is 5.82 Å². The largest absolute Gasteiger partial charge is 0.356 e. The van der Waals surface area contributed by atoms with Crippen LogP contribution in [0.15, 0.2) is 22.7 Å². The van der Waals surface area contributed by atoms with Gasteiger partial charge in [-0.1, -0.05) is 37.8 Å². The number of unbranched alkanes of at least 4 members (excludes halogenated alkanes) is 3. The minimum Gasteiger partial charge on any atom is -0.356 e. The van der Waals surface area contributed by atoms with Crippen LogP contribution in [0.5, 0.6) is 0 Å². The molecule has 0 fully saturated rings. The molecule has 0 saturated heterocycles. The fourth-order valence-electron chi connectivity index (χ4n) is 2.83. The molecule has 116 valence electrons. The van der Waals surface area contributed by atoms with Gasteiger partial charge in [0.25, 0.3) is 0 Å². The van der Waals surface area contributed by atoms with Gasteiger partial charge >= 0.3 is 0 Å². The zero-order chi connectivity index (χ0) is 15.1. The quantitative estimate of drug-likeness (QED) is 0.417. The summed E-state index contributed by atoms with van der Waals surface area (Å²) in [5, 5.41) is 5.16. The van der Waals surface area contributed by atoms with E-state index in [0.29, 0.717) is 11.5 Å². The summed E-state index contributed by atoms with van der Waals surface area (Å²) in [7, 11) is 0. The second-order valence-electron chi connectivity index (χ2n) is 5.59. The lowest BCUT2D eigenvalue weighted by Crippen LogP contribution is -2.00. The molecule has 1 unspecified atom stereocenters. The van der Waals surface area contributed by atoms with Crippen molar-refractivity contribution in [3.8, 4) is 0 Å². The van der Waals surface area contributed by atoms with E-state index in [2.05, 4.69) is 12.1 Å². The van der Waals surface area contributed by atoms with Crippen molar-refractivity contribution in [1.82, 2.24) is 5.16 Å². The molecule has 21 heavy (non-hydrogen) atoms. The molecule has 0 aliphatic heterocycles. The first-order chi connectivity index (χ1) is 10.3. The molecular weight excluding hydrogens is 289 g/mol. The third-order valence-electron chi connectivity index (χ3n) is 3.92. The smallest absolute Gasteiger partial charge is 0.170 e. The Morgan fingerprint density at radius 1 is 1.19 bits per heavy atom. The van der Waals surface area contributed by atoms with Crippen LogP contribution in [0.2, 0.25) is 0 Å². The summed E-state index contributed by atoms with van der Waals surface area (Å²) in [5.74, 6) is 0.869. The van der Waals surface area contributed by atoms with E-state index in [9.17, 15) is 4.39 Å². The van der Waals surface area contributed by atoms with Crippen molar-refractivity contribution in [2.75, 3.05) is 5.88 Å². The van der Waals surface area contributed by atoms with Crippen molar-refractivity contribution >= 4 is 22.6 Å². The Morgan fingerprint density at radius 2 is 2.00 bits per heavy atom. The van der Waals surface area contributed by atoms with Crippen molar-refractivity contribution in [1.29, 1.82) is 0 Å². The van der Waals surface area contributed by atoms with Crippen molar-refractivity contribution < 1.29 is 8.91 Å². The van der Waals surface area contributed by atoms with Gasteiger partial charge in [-0.3, -0.25) is 0 Å². The van der Waals surface area contributed by atoms with Crippen LogP contribution in [0.1, 0.15) is 63.5 Å². The molecular formula is C17H23ClFNO. The highest BCUT2D eigenvalue weighted by Crippen LogP contribution is 2.32. The van der Waals surface area contributed by atoms with Gasteiger partial charge in [0.2, 0.25) is 0 Å². The predicted molar refractivity (Wildman–Crippen MR) is 85.4 cm³/mol. The van der Waals surface area contributed by atoms with E-state index >= 15 is 0 Å². The fraction of sp³-hybridized carbons (Fsp3) is 0.588. The molecule has 0 bridgehead atoms. The lowest BCUT2D eigenvalue weighted by Gasteiger charge is -2.13. The molecule has 1 aromatic carbocycles. The Morgan fingerprint density at radius 3 is 2.76 bits per heavy atom. The Labute approximate surface area is 130 Å². The number of halogens is 2. The maximum Gasteiger partial charge on any atom is 0.170 e. The number of hydrogen-bond donors (Lipinski definition) is 0. The monoisotopic (exact) mass is 311 g/mol. The van der Waals surface area contributed by atoms with Crippen molar-refractivity contribution in [3.05, 3.63) is 29.7 Å². The lowest BCUT2D eigenvalue weighted by molar-refractivity contribution is 0.420. The standard InChI is InChI=1S/C17H23ClFNO/c1-2-7-13(8-5-3-4-6-11-18)17-15-10-9-14(19)12-16(15)21-20-17/h9-10,12-13H,2-8,11H2,1H3. The van der Waals surface area contributed by atoms with Gasteiger partial charge in [-0.2, -0.15) is 0 Å². The topological polar surface area (TPSA) is 26.0 Å². The maximum absolute atomic E-state index is 13.2. The molecule has 0 aliphatic carbocycles. The minimum atomic E-state index is -0.279. The van der Waals surface area contributed by atoms with Gasteiger partial charge in [0.15, 0.2) is 5.58 Å². The molecule has 0 radical (unpaired) electrons. The summed E-state index contributed by atoms with van der Waals surface area (Å²) in [6.45, 7) is 2.18. The first-order valence-corrected chi connectivity index (χ1v) is 8.40. The van der Waals surface area contributed by atoms with Gasteiger partial charge in [-0.05, 0) is 31.4 Å². The minimum absolute atomic E-state index is 0.279. The molecule has 1 heterocycles. The molecule has 4 heteroatoms. The van der Waals surface area contributed by atoms with E-state index in [1.54, 1.807) is 6.07 Å². The molecule has 2 rings (SSSR count). The highest BCUT2D eigenvalue weighted by molar-refractivity contribution is 6.17. The third kappa shape index (κ3) is 4.44. The number of hydrogen-bond acceptors (Lipinski definition) is 2. The number of aromatic nitrogens is 1. The molecule has 1 atom stereocenters. The van der Waals surface area contributed by atoms with Crippen LogP contribution in [-0.4, -0.2) is 11.0 Å². The number of rotatable bonds is 9. The SMILES string of the molecule is CCCC(CCCCCCCl)c1noc2cc(F)ccc12. The Balaban J connectivity index is 2.05. The van der Waals surface area contributed by atoms with E-state index in [1.807, 2.05) is 0 Å². The summed E-state index contributed by atoms with van der Waals surface area (Å²) in [6, 6.07) is 4.68. The van der Waals surface area contributed by atoms with Gasteiger partial charge in [-0.15, -0.1) is 11.6 Å². The fourth-order valence-corrected chi connectivity index (χ4v) is 3.02. The van der Waals surface area contributed by atoms with Crippen molar-refractivity contribution in [2.24, 2.45) is 0 Å². The Kier molecular flexibility index (Phi) is 6.50. The Hall–Kier alpha value is -1.09. The van der Waals surface area contributed by atoms with Crippen LogP contribution in [0.25, 0.3) is 11.0 Å². The molecule has 0 spiro atoms. The summed E-state index contributed by atoms with van der Waals surface area (Å²) in [5.41, 5.74) is 1.54. The molecule has 0 saturated carbocycles. The van der Waals surface area contributed by atoms with Gasteiger partial charge in [0.1, 0.15) is 5.82 Å². The van der Waals surface area contributed by atoms with Crippen LogP contribution >= 0.6 is 11.6 Å². The predicted octanol–water partition coefficient (Wildman–Crippen LogP) is 6.04. The van der Waals surface area contributed by atoms with E-state index < -0.39 is 0 Å². The lowest BCUT2D eigenvalue weighted by atomic mass is 9.91. The highest BCUT2D eigenvalue weighted by Gasteiger charge is 2.18. The van der Waals surface area contributed by atoms with Crippen LogP contribution in [-0.2, 0) is 0 Å². The van der Waals surface area contributed by atoms with Crippen LogP contribution in [0.4, 0.5) is 4.39 Å². The molecule has 0 aliphatic rings. The first-order valence-electron chi connectivity index (χ1n) is 7.87. The third-order valence-corrected chi connectivity index (χ3v) is 4.19. The summed E-state index contributed by atoms with van der Waals surface area (Å²) < 4.78 is 18.5. The first kappa shape index (κ1) is 16.3. The molecule has 1 aromatic heterocycles. The van der Waals surface area contributed by atoms with Gasteiger partial charge < -0.3 is 4.52 Å². The van der Waals surface area contributed by atoms with E-state index in [1.165, 1.54) is 31.4 Å². The summed E-state index contributed by atoms with van der Waals surface area (Å²) in [6.07, 6.45) is 7.97. The normalized spacial score (nSPS) is 12.9. The number of fused-ring (bicyclic) bond motifs is 1. The second-order valence-corrected chi connectivity index (χ2v) is 5.96. The molecule has 2 aromatic rings. The Bertz CT molecular complexity index is 555. The van der Waals surface area contributed by atoms with E-state index in [0.717, 1.165) is 42.6 Å². The zero-order valence-electron chi connectivity index (χ0n) is 12.6. The summed E-state index contributed by atoms with van der Waals surface area (Å²) >= 11 is 5.70. The number of alkyl halides is 1. The molecule has 2 nitrogen and oxygen atoms in total. The highest BCUT2D eigenvalue weighted by atomic mass is 35.5. The maximum atomic E-state index is 13.2. The average Bonchev–Trinajstić information content (AvgIpc) is 2.88.